The van der Waals surface area contributed by atoms with Gasteiger partial charge in [0, 0.05) is 13.1 Å². The lowest BCUT2D eigenvalue weighted by Crippen LogP contribution is -2.77. The van der Waals surface area contributed by atoms with Crippen LogP contribution in [0.15, 0.2) is 0 Å². The summed E-state index contributed by atoms with van der Waals surface area (Å²) in [6.45, 7) is 3.76. The van der Waals surface area contributed by atoms with E-state index in [0.29, 0.717) is 5.92 Å². The molecule has 1 aliphatic carbocycles. The molecule has 1 saturated heterocycles. The smallest absolute Gasteiger partial charge is 0.0853 e. The molecule has 3 heteroatoms. The lowest BCUT2D eigenvalue weighted by Gasteiger charge is -2.53. The van der Waals surface area contributed by atoms with E-state index in [1.807, 2.05) is 0 Å². The van der Waals surface area contributed by atoms with Crippen LogP contribution in [-0.4, -0.2) is 29.3 Å². The van der Waals surface area contributed by atoms with Gasteiger partial charge in [-0.15, -0.1) is 0 Å². The Hall–Kier alpha value is -0.120. The fourth-order valence-corrected chi connectivity index (χ4v) is 2.70. The Balaban J connectivity index is 2.09. The van der Waals surface area contributed by atoms with Gasteiger partial charge in [0.15, 0.2) is 0 Å². The number of nitrogens with one attached hydrogen (secondary N) is 1. The first-order valence-electron chi connectivity index (χ1n) is 5.28. The van der Waals surface area contributed by atoms with Gasteiger partial charge >= 0.3 is 0 Å². The molecule has 1 aliphatic heterocycles. The van der Waals surface area contributed by atoms with Gasteiger partial charge in [0.05, 0.1) is 11.1 Å². The van der Waals surface area contributed by atoms with E-state index in [4.69, 9.17) is 5.73 Å². The van der Waals surface area contributed by atoms with Crippen molar-refractivity contribution >= 4 is 0 Å². The molecule has 0 bridgehead atoms. The summed E-state index contributed by atoms with van der Waals surface area (Å²) in [7, 11) is 0. The van der Waals surface area contributed by atoms with E-state index in [9.17, 15) is 5.11 Å². The van der Waals surface area contributed by atoms with Crippen LogP contribution < -0.4 is 11.1 Å². The molecule has 4 N–H and O–H groups in total. The highest BCUT2D eigenvalue weighted by Crippen LogP contribution is 2.39. The van der Waals surface area contributed by atoms with Crippen LogP contribution in [0.4, 0.5) is 0 Å². The summed E-state index contributed by atoms with van der Waals surface area (Å²) in [5.74, 6) is 0.625. The van der Waals surface area contributed by atoms with Crippen molar-refractivity contribution in [1.29, 1.82) is 0 Å². The summed E-state index contributed by atoms with van der Waals surface area (Å²) < 4.78 is 0. The second-order valence-electron chi connectivity index (χ2n) is 4.99. The first kappa shape index (κ1) is 9.44. The van der Waals surface area contributed by atoms with Crippen molar-refractivity contribution in [3.05, 3.63) is 0 Å². The molecule has 13 heavy (non-hydrogen) atoms. The summed E-state index contributed by atoms with van der Waals surface area (Å²) in [4.78, 5) is 0. The summed E-state index contributed by atoms with van der Waals surface area (Å²) in [5, 5.41) is 13.6. The molecule has 76 valence electrons. The third-order valence-electron chi connectivity index (χ3n) is 3.78. The molecule has 3 nitrogen and oxygen atoms in total. The van der Waals surface area contributed by atoms with E-state index in [0.717, 1.165) is 32.4 Å². The monoisotopic (exact) mass is 184 g/mol. The van der Waals surface area contributed by atoms with E-state index in [-0.39, 0.29) is 5.54 Å². The Morgan fingerprint density at radius 2 is 2.15 bits per heavy atom. The minimum atomic E-state index is -0.601. The molecule has 2 fully saturated rings. The molecule has 2 rings (SSSR count). The molecular weight excluding hydrogens is 164 g/mol. The molecule has 0 radical (unpaired) electrons. The number of hydrogen-bond acceptors (Lipinski definition) is 3. The zero-order valence-corrected chi connectivity index (χ0v) is 8.34. The van der Waals surface area contributed by atoms with Crippen LogP contribution in [-0.2, 0) is 0 Å². The van der Waals surface area contributed by atoms with Gasteiger partial charge in [0.1, 0.15) is 0 Å². The standard InChI is InChI=1S/C10H20N2O/c1-8-3-2-4-10(13,5-8)9(11)6-12-7-9/h8,12-13H,2-7,11H2,1H3. The van der Waals surface area contributed by atoms with Crippen molar-refractivity contribution in [3.63, 3.8) is 0 Å². The Labute approximate surface area is 79.7 Å². The van der Waals surface area contributed by atoms with E-state index in [1.54, 1.807) is 0 Å². The second kappa shape index (κ2) is 2.94. The van der Waals surface area contributed by atoms with Crippen LogP contribution >= 0.6 is 0 Å². The fourth-order valence-electron chi connectivity index (χ4n) is 2.70. The van der Waals surface area contributed by atoms with Crippen LogP contribution in [0.2, 0.25) is 0 Å². The first-order chi connectivity index (χ1) is 6.06. The Morgan fingerprint density at radius 1 is 1.46 bits per heavy atom. The van der Waals surface area contributed by atoms with Gasteiger partial charge in [-0.25, -0.2) is 0 Å². The molecule has 0 amide bonds. The highest BCUT2D eigenvalue weighted by molar-refractivity contribution is 5.13. The molecule has 0 spiro atoms. The van der Waals surface area contributed by atoms with Crippen molar-refractivity contribution in [1.82, 2.24) is 5.32 Å². The maximum absolute atomic E-state index is 10.5. The zero-order chi connectivity index (χ0) is 9.53. The molecular formula is C10H20N2O. The van der Waals surface area contributed by atoms with Crippen molar-refractivity contribution in [3.8, 4) is 0 Å². The fraction of sp³-hybridized carbons (Fsp3) is 1.00. The minimum absolute atomic E-state index is 0.346. The number of aliphatic hydroxyl groups is 1. The molecule has 2 unspecified atom stereocenters. The molecule has 0 aromatic carbocycles. The van der Waals surface area contributed by atoms with Crippen LogP contribution in [0.3, 0.4) is 0 Å². The summed E-state index contributed by atoms with van der Waals surface area (Å²) in [5.41, 5.74) is 5.21. The molecule has 0 aromatic rings. The molecule has 2 atom stereocenters. The summed E-state index contributed by atoms with van der Waals surface area (Å²) in [6, 6.07) is 0. The second-order valence-corrected chi connectivity index (χ2v) is 4.99. The van der Waals surface area contributed by atoms with Crippen molar-refractivity contribution in [2.24, 2.45) is 11.7 Å². The summed E-state index contributed by atoms with van der Waals surface area (Å²) >= 11 is 0. The molecule has 1 heterocycles. The highest BCUT2D eigenvalue weighted by atomic mass is 16.3. The first-order valence-corrected chi connectivity index (χ1v) is 5.28. The lowest BCUT2D eigenvalue weighted by molar-refractivity contribution is -0.0945. The summed E-state index contributed by atoms with van der Waals surface area (Å²) in [6.07, 6.45) is 4.13. The number of hydrogen-bond donors (Lipinski definition) is 3. The number of rotatable bonds is 1. The SMILES string of the molecule is CC1CCCC(O)(C2(N)CNC2)C1. The maximum Gasteiger partial charge on any atom is 0.0853 e. The average molecular weight is 184 g/mol. The van der Waals surface area contributed by atoms with Crippen LogP contribution in [0.1, 0.15) is 32.6 Å². The van der Waals surface area contributed by atoms with Gasteiger partial charge in [-0.1, -0.05) is 19.8 Å². The maximum atomic E-state index is 10.5. The van der Waals surface area contributed by atoms with Gasteiger partial charge in [-0.2, -0.15) is 0 Å². The third kappa shape index (κ3) is 1.39. The number of nitrogens with two attached hydrogens (primary N) is 1. The van der Waals surface area contributed by atoms with Gasteiger partial charge in [0.2, 0.25) is 0 Å². The normalized spacial score (nSPS) is 44.1. The van der Waals surface area contributed by atoms with Crippen molar-refractivity contribution in [2.45, 2.75) is 43.7 Å². The Morgan fingerprint density at radius 3 is 2.62 bits per heavy atom. The van der Waals surface area contributed by atoms with Gasteiger partial charge in [-0.05, 0) is 18.8 Å². The van der Waals surface area contributed by atoms with Crippen molar-refractivity contribution < 1.29 is 5.11 Å². The Bertz CT molecular complexity index is 203. The van der Waals surface area contributed by atoms with E-state index in [1.165, 1.54) is 6.42 Å². The van der Waals surface area contributed by atoms with E-state index >= 15 is 0 Å². The van der Waals surface area contributed by atoms with Gasteiger partial charge < -0.3 is 16.2 Å². The van der Waals surface area contributed by atoms with Crippen LogP contribution in [0.25, 0.3) is 0 Å². The topological polar surface area (TPSA) is 58.3 Å². The predicted octanol–water partition coefficient (Wildman–Crippen LogP) is 0.228. The van der Waals surface area contributed by atoms with Crippen molar-refractivity contribution in [2.75, 3.05) is 13.1 Å². The largest absolute Gasteiger partial charge is 0.388 e. The van der Waals surface area contributed by atoms with E-state index < -0.39 is 5.60 Å². The Kier molecular flexibility index (Phi) is 2.13. The predicted molar refractivity (Wildman–Crippen MR) is 52.4 cm³/mol. The molecule has 1 saturated carbocycles. The minimum Gasteiger partial charge on any atom is -0.388 e. The van der Waals surface area contributed by atoms with Gasteiger partial charge in [-0.3, -0.25) is 0 Å². The van der Waals surface area contributed by atoms with Crippen LogP contribution in [0, 0.1) is 5.92 Å². The average Bonchev–Trinajstić information content (AvgIpc) is 1.99. The molecule has 2 aliphatic rings. The lowest BCUT2D eigenvalue weighted by atomic mass is 9.65. The highest BCUT2D eigenvalue weighted by Gasteiger charge is 2.52. The third-order valence-corrected chi connectivity index (χ3v) is 3.78. The zero-order valence-electron chi connectivity index (χ0n) is 8.34. The quantitative estimate of drug-likeness (QED) is 0.546. The van der Waals surface area contributed by atoms with Gasteiger partial charge in [0.25, 0.3) is 0 Å². The van der Waals surface area contributed by atoms with E-state index in [2.05, 4.69) is 12.2 Å². The molecule has 0 aromatic heterocycles. The van der Waals surface area contributed by atoms with Crippen LogP contribution in [0.5, 0.6) is 0 Å².